The van der Waals surface area contributed by atoms with Crippen LogP contribution < -0.4 is 5.32 Å². The van der Waals surface area contributed by atoms with Crippen molar-refractivity contribution in [2.24, 2.45) is 0 Å². The Morgan fingerprint density at radius 3 is 3.12 bits per heavy atom. The van der Waals surface area contributed by atoms with E-state index in [-0.39, 0.29) is 24.7 Å². The lowest BCUT2D eigenvalue weighted by atomic mass is 10.2. The zero-order valence-electron chi connectivity index (χ0n) is 9.72. The van der Waals surface area contributed by atoms with Crippen LogP contribution in [0.4, 0.5) is 5.69 Å². The number of hydrogen-bond acceptors (Lipinski definition) is 4. The number of carbonyl (C=O) groups is 1. The third-order valence-corrected chi connectivity index (χ3v) is 2.77. The molecule has 1 saturated heterocycles. The van der Waals surface area contributed by atoms with Crippen molar-refractivity contribution in [3.8, 4) is 0 Å². The highest BCUT2D eigenvalue weighted by Gasteiger charge is 2.28. The summed E-state index contributed by atoms with van der Waals surface area (Å²) in [6, 6.07) is 3.34. The molecule has 0 saturated carbocycles. The van der Waals surface area contributed by atoms with Gasteiger partial charge in [-0.15, -0.1) is 0 Å². The van der Waals surface area contributed by atoms with Crippen LogP contribution in [0.3, 0.4) is 0 Å². The molecule has 1 fully saturated rings. The Morgan fingerprint density at radius 1 is 1.65 bits per heavy atom. The van der Waals surface area contributed by atoms with E-state index in [4.69, 9.17) is 9.84 Å². The molecule has 0 bridgehead atoms. The van der Waals surface area contributed by atoms with E-state index in [2.05, 4.69) is 10.3 Å². The number of aromatic nitrogens is 1. The van der Waals surface area contributed by atoms with Gasteiger partial charge in [-0.05, 0) is 31.9 Å². The van der Waals surface area contributed by atoms with Crippen molar-refractivity contribution in [3.63, 3.8) is 0 Å². The Bertz CT molecular complexity index is 408. The molecule has 0 aromatic carbocycles. The highest BCUT2D eigenvalue weighted by Crippen LogP contribution is 2.20. The number of nitrogens with zero attached hydrogens (tertiary/aromatic N) is 1. The fraction of sp³-hybridized carbons (Fsp3) is 0.500. The number of ether oxygens (including phenoxy) is 1. The number of amides is 1. The van der Waals surface area contributed by atoms with Gasteiger partial charge in [0.05, 0.1) is 18.4 Å². The molecule has 5 heteroatoms. The monoisotopic (exact) mass is 236 g/mol. The van der Waals surface area contributed by atoms with Crippen molar-refractivity contribution >= 4 is 11.6 Å². The molecule has 17 heavy (non-hydrogen) atoms. The average Bonchev–Trinajstić information content (AvgIpc) is 2.76. The maximum absolute atomic E-state index is 11.8. The molecule has 1 aliphatic heterocycles. The summed E-state index contributed by atoms with van der Waals surface area (Å²) in [4.78, 5) is 15.8. The molecule has 0 aliphatic carbocycles. The highest BCUT2D eigenvalue weighted by atomic mass is 16.5. The minimum absolute atomic E-state index is 0.135. The second-order valence-corrected chi connectivity index (χ2v) is 4.20. The summed E-state index contributed by atoms with van der Waals surface area (Å²) in [6.07, 6.45) is 3.01. The third-order valence-electron chi connectivity index (χ3n) is 2.77. The average molecular weight is 236 g/mol. The zero-order valence-corrected chi connectivity index (χ0v) is 9.72. The highest BCUT2D eigenvalue weighted by molar-refractivity contribution is 5.94. The predicted molar refractivity (Wildman–Crippen MR) is 62.4 cm³/mol. The molecule has 1 aromatic rings. The summed E-state index contributed by atoms with van der Waals surface area (Å²) in [5.74, 6) is -0.135. The first kappa shape index (κ1) is 12.0. The molecular weight excluding hydrogens is 220 g/mol. The molecule has 2 rings (SSSR count). The molecule has 1 amide bonds. The number of nitrogens with one attached hydrogen (secondary N) is 1. The summed E-state index contributed by atoms with van der Waals surface area (Å²) in [5, 5.41) is 11.7. The summed E-state index contributed by atoms with van der Waals surface area (Å²) in [5.41, 5.74) is 1.17. The Morgan fingerprint density at radius 2 is 2.47 bits per heavy atom. The van der Waals surface area contributed by atoms with Crippen molar-refractivity contribution in [1.82, 2.24) is 4.98 Å². The van der Waals surface area contributed by atoms with Crippen LogP contribution in [0.15, 0.2) is 18.3 Å². The summed E-state index contributed by atoms with van der Waals surface area (Å²) in [7, 11) is 0. The largest absolute Gasteiger partial charge is 0.390 e. The topological polar surface area (TPSA) is 71.5 Å². The maximum atomic E-state index is 11.8. The lowest BCUT2D eigenvalue weighted by molar-refractivity contribution is -0.126. The fourth-order valence-corrected chi connectivity index (χ4v) is 1.86. The molecule has 2 heterocycles. The molecule has 1 aromatic heterocycles. The first-order valence-electron chi connectivity index (χ1n) is 5.71. The van der Waals surface area contributed by atoms with Gasteiger partial charge in [-0.1, -0.05) is 0 Å². The van der Waals surface area contributed by atoms with Gasteiger partial charge in [-0.2, -0.15) is 0 Å². The summed E-state index contributed by atoms with van der Waals surface area (Å²) >= 11 is 0. The van der Waals surface area contributed by atoms with Crippen LogP contribution in [0.5, 0.6) is 0 Å². The Balaban J connectivity index is 1.98. The number of pyridine rings is 1. The van der Waals surface area contributed by atoms with Gasteiger partial charge in [0.25, 0.3) is 5.91 Å². The van der Waals surface area contributed by atoms with E-state index in [1.54, 1.807) is 18.3 Å². The first-order valence-corrected chi connectivity index (χ1v) is 5.71. The number of anilines is 1. The van der Waals surface area contributed by atoms with Crippen LogP contribution in [0.2, 0.25) is 0 Å². The minimum atomic E-state index is -0.365. The van der Waals surface area contributed by atoms with E-state index in [1.807, 2.05) is 6.92 Å². The quantitative estimate of drug-likeness (QED) is 0.823. The SMILES string of the molecule is CC1CC[C@H](C(=O)Nc2ccnc(CO)c2)O1. The lowest BCUT2D eigenvalue weighted by Gasteiger charge is -2.11. The Labute approximate surface area is 99.8 Å². The molecule has 5 nitrogen and oxygen atoms in total. The van der Waals surface area contributed by atoms with Gasteiger partial charge in [-0.3, -0.25) is 9.78 Å². The van der Waals surface area contributed by atoms with Crippen LogP contribution in [0, 0.1) is 0 Å². The molecule has 92 valence electrons. The van der Waals surface area contributed by atoms with Crippen molar-refractivity contribution < 1.29 is 14.6 Å². The second-order valence-electron chi connectivity index (χ2n) is 4.20. The van der Waals surface area contributed by atoms with E-state index in [0.717, 1.165) is 12.8 Å². The number of aliphatic hydroxyl groups is 1. The molecule has 1 aliphatic rings. The van der Waals surface area contributed by atoms with Crippen molar-refractivity contribution in [1.29, 1.82) is 0 Å². The van der Waals surface area contributed by atoms with Crippen molar-refractivity contribution in [3.05, 3.63) is 24.0 Å². The van der Waals surface area contributed by atoms with Gasteiger partial charge in [0, 0.05) is 11.9 Å². The smallest absolute Gasteiger partial charge is 0.253 e. The van der Waals surface area contributed by atoms with E-state index >= 15 is 0 Å². The molecule has 0 radical (unpaired) electrons. The van der Waals surface area contributed by atoms with Gasteiger partial charge < -0.3 is 15.2 Å². The summed E-state index contributed by atoms with van der Waals surface area (Å²) in [6.45, 7) is 1.82. The van der Waals surface area contributed by atoms with Crippen molar-refractivity contribution in [2.75, 3.05) is 5.32 Å². The molecule has 2 N–H and O–H groups in total. The van der Waals surface area contributed by atoms with Crippen LogP contribution in [0.1, 0.15) is 25.5 Å². The van der Waals surface area contributed by atoms with Crippen LogP contribution >= 0.6 is 0 Å². The Kier molecular flexibility index (Phi) is 3.71. The molecular formula is C12H16N2O3. The standard InChI is InChI=1S/C12H16N2O3/c1-8-2-3-11(17-8)12(16)14-9-4-5-13-10(6-9)7-15/h4-6,8,11,15H,2-3,7H2,1H3,(H,13,14,16)/t8?,11-/m1/s1. The van der Waals surface area contributed by atoms with Crippen molar-refractivity contribution in [2.45, 2.75) is 38.6 Å². The lowest BCUT2D eigenvalue weighted by Crippen LogP contribution is -2.27. The predicted octanol–water partition coefficient (Wildman–Crippen LogP) is 1.08. The van der Waals surface area contributed by atoms with Gasteiger partial charge in [-0.25, -0.2) is 0 Å². The van der Waals surface area contributed by atoms with E-state index < -0.39 is 0 Å². The maximum Gasteiger partial charge on any atom is 0.253 e. The molecule has 1 unspecified atom stereocenters. The number of rotatable bonds is 3. The van der Waals surface area contributed by atoms with Gasteiger partial charge in [0.15, 0.2) is 0 Å². The van der Waals surface area contributed by atoms with Gasteiger partial charge in [0.1, 0.15) is 6.10 Å². The van der Waals surface area contributed by atoms with Gasteiger partial charge >= 0.3 is 0 Å². The van der Waals surface area contributed by atoms with E-state index in [1.165, 1.54) is 0 Å². The van der Waals surface area contributed by atoms with E-state index in [9.17, 15) is 4.79 Å². The van der Waals surface area contributed by atoms with Crippen LogP contribution in [0.25, 0.3) is 0 Å². The van der Waals surface area contributed by atoms with Crippen LogP contribution in [-0.2, 0) is 16.1 Å². The first-order chi connectivity index (χ1) is 8.19. The normalized spacial score (nSPS) is 23.6. The number of hydrogen-bond donors (Lipinski definition) is 2. The molecule has 0 spiro atoms. The Hall–Kier alpha value is -1.46. The second kappa shape index (κ2) is 5.25. The number of carbonyl (C=O) groups excluding carboxylic acids is 1. The number of aliphatic hydroxyl groups excluding tert-OH is 1. The van der Waals surface area contributed by atoms with Crippen LogP contribution in [-0.4, -0.2) is 28.2 Å². The summed E-state index contributed by atoms with van der Waals surface area (Å²) < 4.78 is 5.47. The molecule has 2 atom stereocenters. The van der Waals surface area contributed by atoms with Gasteiger partial charge in [0.2, 0.25) is 0 Å². The van der Waals surface area contributed by atoms with E-state index in [0.29, 0.717) is 11.4 Å². The fourth-order valence-electron chi connectivity index (χ4n) is 1.86. The zero-order chi connectivity index (χ0) is 12.3. The minimum Gasteiger partial charge on any atom is -0.390 e. The third kappa shape index (κ3) is 3.01.